The van der Waals surface area contributed by atoms with Crippen molar-refractivity contribution in [1.29, 1.82) is 5.26 Å². The molecule has 0 spiro atoms. The number of nitrogens with zero attached hydrogens (tertiary/aromatic N) is 3. The number of nitrogens with one attached hydrogen (secondary N) is 1. The van der Waals surface area contributed by atoms with E-state index < -0.39 is 5.41 Å². The Kier molecular flexibility index (Phi) is 3.79. The van der Waals surface area contributed by atoms with Crippen LogP contribution >= 0.6 is 0 Å². The van der Waals surface area contributed by atoms with Crippen molar-refractivity contribution < 1.29 is 4.79 Å². The van der Waals surface area contributed by atoms with Crippen molar-refractivity contribution >= 4 is 5.91 Å². The van der Waals surface area contributed by atoms with Crippen LogP contribution in [0.1, 0.15) is 35.6 Å². The molecular weight excluding hydrogens is 216 g/mol. The van der Waals surface area contributed by atoms with Crippen LogP contribution in [0.25, 0.3) is 0 Å². The van der Waals surface area contributed by atoms with Gasteiger partial charge in [0.2, 0.25) is 0 Å². The Morgan fingerprint density at radius 1 is 1.47 bits per heavy atom. The molecule has 0 bridgehead atoms. The van der Waals surface area contributed by atoms with E-state index in [4.69, 9.17) is 5.26 Å². The number of hydrogen-bond donors (Lipinski definition) is 1. The number of aromatic nitrogens is 2. The number of carbonyl (C=O) groups excluding carboxylic acids is 1. The Hall–Kier alpha value is -1.96. The average Bonchev–Trinajstić information content (AvgIpc) is 2.29. The highest BCUT2D eigenvalue weighted by atomic mass is 16.1. The van der Waals surface area contributed by atoms with E-state index in [1.54, 1.807) is 33.8 Å². The molecule has 0 saturated carbocycles. The summed E-state index contributed by atoms with van der Waals surface area (Å²) in [5, 5.41) is 19.3. The number of carbonyl (C=O) groups is 1. The van der Waals surface area contributed by atoms with Crippen molar-refractivity contribution in [3.63, 3.8) is 0 Å². The highest BCUT2D eigenvalue weighted by Crippen LogP contribution is 2.12. The number of rotatable bonds is 3. The Labute approximate surface area is 101 Å². The summed E-state index contributed by atoms with van der Waals surface area (Å²) < 4.78 is 0. The number of hydrogen-bond acceptors (Lipinski definition) is 4. The van der Waals surface area contributed by atoms with E-state index >= 15 is 0 Å². The van der Waals surface area contributed by atoms with E-state index in [1.165, 1.54) is 0 Å². The minimum Gasteiger partial charge on any atom is -0.350 e. The molecule has 0 saturated heterocycles. The molecule has 17 heavy (non-hydrogen) atoms. The van der Waals surface area contributed by atoms with Crippen molar-refractivity contribution in [3.05, 3.63) is 23.0 Å². The molecule has 0 aliphatic rings. The van der Waals surface area contributed by atoms with Crippen molar-refractivity contribution in [2.45, 2.75) is 27.7 Å². The third-order valence-corrected chi connectivity index (χ3v) is 2.34. The molecule has 1 amide bonds. The second kappa shape index (κ2) is 4.91. The zero-order valence-electron chi connectivity index (χ0n) is 10.5. The van der Waals surface area contributed by atoms with Crippen molar-refractivity contribution in [3.8, 4) is 6.07 Å². The second-order valence-electron chi connectivity index (χ2n) is 4.66. The van der Waals surface area contributed by atoms with Crippen LogP contribution in [0.3, 0.4) is 0 Å². The number of amides is 1. The smallest absolute Gasteiger partial charge is 0.253 e. The quantitative estimate of drug-likeness (QED) is 0.853. The van der Waals surface area contributed by atoms with Crippen LogP contribution in [0.4, 0.5) is 0 Å². The molecular formula is C12H16N4O. The molecule has 0 unspecified atom stereocenters. The molecule has 1 N–H and O–H groups in total. The van der Waals surface area contributed by atoms with Gasteiger partial charge in [0.1, 0.15) is 0 Å². The maximum atomic E-state index is 11.9. The summed E-state index contributed by atoms with van der Waals surface area (Å²) >= 11 is 0. The highest BCUT2D eigenvalue weighted by Gasteiger charge is 2.19. The molecule has 1 aromatic rings. The lowest BCUT2D eigenvalue weighted by Crippen LogP contribution is -2.33. The Morgan fingerprint density at radius 3 is 2.71 bits per heavy atom. The van der Waals surface area contributed by atoms with Crippen LogP contribution in [0.15, 0.2) is 6.07 Å². The maximum absolute atomic E-state index is 11.9. The lowest BCUT2D eigenvalue weighted by Gasteiger charge is -2.16. The first-order chi connectivity index (χ1) is 7.85. The Balaban J connectivity index is 2.78. The van der Waals surface area contributed by atoms with Crippen LogP contribution in [0, 0.1) is 30.6 Å². The van der Waals surface area contributed by atoms with Gasteiger partial charge in [-0.2, -0.15) is 15.5 Å². The van der Waals surface area contributed by atoms with Crippen LogP contribution in [-0.4, -0.2) is 22.6 Å². The fourth-order valence-electron chi connectivity index (χ4n) is 1.22. The number of nitriles is 1. The predicted molar refractivity (Wildman–Crippen MR) is 63.2 cm³/mol. The molecule has 0 atom stereocenters. The first kappa shape index (κ1) is 13.1. The molecule has 1 aromatic heterocycles. The summed E-state index contributed by atoms with van der Waals surface area (Å²) in [5.74, 6) is -0.219. The lowest BCUT2D eigenvalue weighted by atomic mass is 9.96. The molecule has 0 fully saturated rings. The first-order valence-corrected chi connectivity index (χ1v) is 5.36. The molecule has 0 aliphatic heterocycles. The van der Waals surface area contributed by atoms with Gasteiger partial charge in [-0.15, -0.1) is 0 Å². The topological polar surface area (TPSA) is 78.7 Å². The fourth-order valence-corrected chi connectivity index (χ4v) is 1.22. The molecule has 1 heterocycles. The molecule has 1 rings (SSSR count). The molecule has 0 aliphatic carbocycles. The normalized spacial score (nSPS) is 10.8. The predicted octanol–water partition coefficient (Wildman–Crippen LogP) is 1.37. The summed E-state index contributed by atoms with van der Waals surface area (Å²) in [4.78, 5) is 11.9. The van der Waals surface area contributed by atoms with E-state index in [-0.39, 0.29) is 5.91 Å². The number of aryl methyl sites for hydroxylation is 2. The Bertz CT molecular complexity index is 474. The van der Waals surface area contributed by atoms with E-state index in [1.807, 2.05) is 0 Å². The average molecular weight is 232 g/mol. The monoisotopic (exact) mass is 232 g/mol. The minimum absolute atomic E-state index is 0.219. The van der Waals surface area contributed by atoms with E-state index in [0.29, 0.717) is 23.5 Å². The summed E-state index contributed by atoms with van der Waals surface area (Å²) in [6, 6.07) is 3.82. The van der Waals surface area contributed by atoms with Gasteiger partial charge in [0, 0.05) is 6.54 Å². The van der Waals surface area contributed by atoms with Crippen molar-refractivity contribution in [2.24, 2.45) is 5.41 Å². The fraction of sp³-hybridized carbons (Fsp3) is 0.500. The first-order valence-electron chi connectivity index (χ1n) is 5.36. The second-order valence-corrected chi connectivity index (χ2v) is 4.66. The summed E-state index contributed by atoms with van der Waals surface area (Å²) in [7, 11) is 0. The maximum Gasteiger partial charge on any atom is 0.253 e. The molecule has 0 radical (unpaired) electrons. The van der Waals surface area contributed by atoms with Crippen LogP contribution in [0.5, 0.6) is 0 Å². The molecule has 5 nitrogen and oxygen atoms in total. The van der Waals surface area contributed by atoms with Crippen LogP contribution < -0.4 is 5.32 Å². The van der Waals surface area contributed by atoms with E-state index in [9.17, 15) is 4.79 Å². The molecule has 0 aromatic carbocycles. The Morgan fingerprint density at radius 2 is 2.12 bits per heavy atom. The standard InChI is InChI=1S/C12H16N4O/c1-8-5-10(9(2)16-15-8)11(17)14-7-12(3,4)6-13/h5H,7H2,1-4H3,(H,14,17). The zero-order valence-corrected chi connectivity index (χ0v) is 10.5. The van der Waals surface area contributed by atoms with Crippen molar-refractivity contribution in [1.82, 2.24) is 15.5 Å². The summed E-state index contributed by atoms with van der Waals surface area (Å²) in [6.45, 7) is 7.37. The summed E-state index contributed by atoms with van der Waals surface area (Å²) in [6.07, 6.45) is 0. The van der Waals surface area contributed by atoms with Gasteiger partial charge in [-0.25, -0.2) is 0 Å². The van der Waals surface area contributed by atoms with Gasteiger partial charge in [0.25, 0.3) is 5.91 Å². The van der Waals surface area contributed by atoms with Gasteiger partial charge >= 0.3 is 0 Å². The van der Waals surface area contributed by atoms with Gasteiger partial charge in [-0.05, 0) is 33.8 Å². The van der Waals surface area contributed by atoms with Crippen molar-refractivity contribution in [2.75, 3.05) is 6.54 Å². The highest BCUT2D eigenvalue weighted by molar-refractivity contribution is 5.95. The van der Waals surface area contributed by atoms with Gasteiger partial charge in [-0.1, -0.05) is 0 Å². The minimum atomic E-state index is -0.570. The van der Waals surface area contributed by atoms with Gasteiger partial charge < -0.3 is 5.32 Å². The van der Waals surface area contributed by atoms with E-state index in [2.05, 4.69) is 21.6 Å². The lowest BCUT2D eigenvalue weighted by molar-refractivity contribution is 0.0942. The SMILES string of the molecule is Cc1cc(C(=O)NCC(C)(C)C#N)c(C)nn1. The van der Waals surface area contributed by atoms with Gasteiger partial charge in [0.15, 0.2) is 0 Å². The van der Waals surface area contributed by atoms with Crippen LogP contribution in [0.2, 0.25) is 0 Å². The zero-order chi connectivity index (χ0) is 13.1. The van der Waals surface area contributed by atoms with Crippen LogP contribution in [-0.2, 0) is 0 Å². The van der Waals surface area contributed by atoms with Gasteiger partial charge in [-0.3, -0.25) is 4.79 Å². The van der Waals surface area contributed by atoms with Gasteiger partial charge in [0.05, 0.1) is 28.4 Å². The third-order valence-electron chi connectivity index (χ3n) is 2.34. The summed E-state index contributed by atoms with van der Waals surface area (Å²) in [5.41, 5.74) is 1.22. The van der Waals surface area contributed by atoms with E-state index in [0.717, 1.165) is 0 Å². The third kappa shape index (κ3) is 3.52. The molecule has 5 heteroatoms. The molecule has 90 valence electrons. The largest absolute Gasteiger partial charge is 0.350 e.